The van der Waals surface area contributed by atoms with Crippen LogP contribution >= 0.6 is 0 Å². The van der Waals surface area contributed by atoms with Crippen LogP contribution in [0, 0.1) is 0 Å². The Morgan fingerprint density at radius 3 is 2.36 bits per heavy atom. The summed E-state index contributed by atoms with van der Waals surface area (Å²) in [6, 6.07) is 24.4. The first kappa shape index (κ1) is 22.9. The molecule has 178 valence electrons. The van der Waals surface area contributed by atoms with Gasteiger partial charge in [-0.3, -0.25) is 9.36 Å². The first-order valence-corrected chi connectivity index (χ1v) is 11.5. The van der Waals surface area contributed by atoms with Gasteiger partial charge in [0.15, 0.2) is 0 Å². The normalized spacial score (nSPS) is 10.9. The molecule has 0 amide bonds. The fourth-order valence-electron chi connectivity index (χ4n) is 4.03. The van der Waals surface area contributed by atoms with Crippen molar-refractivity contribution in [3.05, 3.63) is 119 Å². The van der Waals surface area contributed by atoms with E-state index < -0.39 is 11.6 Å². The second kappa shape index (κ2) is 10.1. The van der Waals surface area contributed by atoms with Crippen molar-refractivity contribution in [1.29, 1.82) is 0 Å². The number of carbonyl (C=O) groups excluding carboxylic acids is 1. The average Bonchev–Trinajstić information content (AvgIpc) is 3.57. The maximum atomic E-state index is 13.2. The van der Waals surface area contributed by atoms with Gasteiger partial charge in [-0.05, 0) is 40.5 Å². The highest BCUT2D eigenvalue weighted by atomic mass is 16.2. The third kappa shape index (κ3) is 4.54. The first-order chi connectivity index (χ1) is 17.7. The largest absolute Gasteiger partial charge is 0.353 e. The number of tetrazole rings is 1. The van der Waals surface area contributed by atoms with E-state index in [1.807, 2.05) is 54.6 Å². The topological polar surface area (TPSA) is 111 Å². The van der Waals surface area contributed by atoms with Crippen LogP contribution in [0.25, 0.3) is 22.5 Å². The van der Waals surface area contributed by atoms with Gasteiger partial charge < -0.3 is 0 Å². The summed E-state index contributed by atoms with van der Waals surface area (Å²) < 4.78 is 2.50. The number of benzene rings is 3. The molecule has 0 saturated carbocycles. The van der Waals surface area contributed by atoms with Crippen LogP contribution in [0.1, 0.15) is 28.2 Å². The molecule has 0 aliphatic carbocycles. The molecule has 5 aromatic rings. The van der Waals surface area contributed by atoms with Crippen molar-refractivity contribution in [2.24, 2.45) is 0 Å². The summed E-state index contributed by atoms with van der Waals surface area (Å²) in [6.07, 6.45) is 2.91. The molecule has 0 unspecified atom stereocenters. The predicted octanol–water partition coefficient (Wildman–Crippen LogP) is 3.75. The molecule has 2 heterocycles. The summed E-state index contributed by atoms with van der Waals surface area (Å²) in [5, 5.41) is 18.7. The molecule has 9 heteroatoms. The maximum Gasteiger partial charge on any atom is 0.353 e. The van der Waals surface area contributed by atoms with Gasteiger partial charge in [-0.2, -0.15) is 5.21 Å². The SMILES string of the molecule is C=CCCc1nn(C(=O)c2ccccc2)c(=O)n1Cc1ccc(-c2ccccc2-c2nn[nH]n2)cc1. The van der Waals surface area contributed by atoms with Gasteiger partial charge in [0.2, 0.25) is 5.82 Å². The van der Waals surface area contributed by atoms with Crippen LogP contribution in [0.5, 0.6) is 0 Å². The summed E-state index contributed by atoms with van der Waals surface area (Å²) in [4.78, 5) is 26.2. The second-order valence-electron chi connectivity index (χ2n) is 8.17. The monoisotopic (exact) mass is 477 g/mol. The van der Waals surface area contributed by atoms with Crippen molar-refractivity contribution in [1.82, 2.24) is 35.0 Å². The summed E-state index contributed by atoms with van der Waals surface area (Å²) in [5.41, 5.74) is 3.66. The van der Waals surface area contributed by atoms with E-state index in [1.54, 1.807) is 34.9 Å². The minimum Gasteiger partial charge on any atom is -0.274 e. The van der Waals surface area contributed by atoms with Crippen molar-refractivity contribution in [2.45, 2.75) is 19.4 Å². The Hall–Kier alpha value is -4.92. The van der Waals surface area contributed by atoms with Gasteiger partial charge in [0.25, 0.3) is 5.91 Å². The molecular weight excluding hydrogens is 454 g/mol. The van der Waals surface area contributed by atoms with Crippen LogP contribution in [-0.2, 0) is 13.0 Å². The van der Waals surface area contributed by atoms with E-state index in [0.29, 0.717) is 36.6 Å². The summed E-state index contributed by atoms with van der Waals surface area (Å²) in [7, 11) is 0. The number of aromatic amines is 1. The third-order valence-corrected chi connectivity index (χ3v) is 5.84. The van der Waals surface area contributed by atoms with Crippen molar-refractivity contribution in [3.63, 3.8) is 0 Å². The smallest absolute Gasteiger partial charge is 0.274 e. The van der Waals surface area contributed by atoms with Gasteiger partial charge in [0, 0.05) is 17.5 Å². The van der Waals surface area contributed by atoms with Crippen LogP contribution < -0.4 is 5.69 Å². The van der Waals surface area contributed by atoms with E-state index in [4.69, 9.17) is 0 Å². The van der Waals surface area contributed by atoms with Crippen molar-refractivity contribution >= 4 is 5.91 Å². The molecule has 0 atom stereocenters. The highest BCUT2D eigenvalue weighted by molar-refractivity contribution is 5.95. The summed E-state index contributed by atoms with van der Waals surface area (Å²) in [6.45, 7) is 4.05. The van der Waals surface area contributed by atoms with E-state index >= 15 is 0 Å². The third-order valence-electron chi connectivity index (χ3n) is 5.84. The zero-order valence-corrected chi connectivity index (χ0v) is 19.4. The maximum absolute atomic E-state index is 13.2. The number of aryl methyl sites for hydroxylation is 1. The molecule has 0 bridgehead atoms. The molecule has 9 nitrogen and oxygen atoms in total. The lowest BCUT2D eigenvalue weighted by Gasteiger charge is -2.09. The highest BCUT2D eigenvalue weighted by Crippen LogP contribution is 2.29. The molecule has 0 saturated heterocycles. The molecule has 1 N–H and O–H groups in total. The van der Waals surface area contributed by atoms with Crippen LogP contribution in [0.4, 0.5) is 0 Å². The predicted molar refractivity (Wildman–Crippen MR) is 135 cm³/mol. The van der Waals surface area contributed by atoms with E-state index in [2.05, 4.69) is 32.3 Å². The number of allylic oxidation sites excluding steroid dienone is 1. The fraction of sp³-hybridized carbons (Fsp3) is 0.111. The molecule has 0 aliphatic heterocycles. The molecule has 0 radical (unpaired) electrons. The van der Waals surface area contributed by atoms with Gasteiger partial charge in [-0.15, -0.1) is 26.6 Å². The van der Waals surface area contributed by atoms with E-state index in [-0.39, 0.29) is 0 Å². The lowest BCUT2D eigenvalue weighted by atomic mass is 9.98. The number of carbonyl (C=O) groups is 1. The van der Waals surface area contributed by atoms with Gasteiger partial charge >= 0.3 is 5.69 Å². The Balaban J connectivity index is 1.46. The van der Waals surface area contributed by atoms with Crippen LogP contribution in [0.15, 0.2) is 96.3 Å². The quantitative estimate of drug-likeness (QED) is 0.341. The Labute approximate surface area is 206 Å². The number of aromatic nitrogens is 7. The molecule has 0 spiro atoms. The number of nitrogens with one attached hydrogen (secondary N) is 1. The zero-order valence-electron chi connectivity index (χ0n) is 19.4. The molecule has 2 aromatic heterocycles. The molecule has 36 heavy (non-hydrogen) atoms. The van der Waals surface area contributed by atoms with Crippen LogP contribution in [-0.4, -0.2) is 40.9 Å². The summed E-state index contributed by atoms with van der Waals surface area (Å²) in [5.74, 6) is 0.604. The van der Waals surface area contributed by atoms with Crippen molar-refractivity contribution in [2.75, 3.05) is 0 Å². The number of rotatable bonds is 8. The zero-order chi connectivity index (χ0) is 24.9. The van der Waals surface area contributed by atoms with Gasteiger partial charge in [-0.25, -0.2) is 4.79 Å². The molecule has 5 rings (SSSR count). The number of hydrogen-bond acceptors (Lipinski definition) is 6. The van der Waals surface area contributed by atoms with E-state index in [1.165, 1.54) is 0 Å². The standard InChI is InChI=1S/C27H23N7O2/c1-2-3-13-24-30-34(26(35)21-9-5-4-6-10-21)27(36)33(24)18-19-14-16-20(17-15-19)22-11-7-8-12-23(22)25-28-31-32-29-25/h2,4-12,14-17H,1,3,13,18H2,(H,28,29,31,32). The number of hydrogen-bond donors (Lipinski definition) is 1. The van der Waals surface area contributed by atoms with Crippen molar-refractivity contribution in [3.8, 4) is 22.5 Å². The highest BCUT2D eigenvalue weighted by Gasteiger charge is 2.19. The van der Waals surface area contributed by atoms with Gasteiger partial charge in [0.1, 0.15) is 5.82 Å². The van der Waals surface area contributed by atoms with Gasteiger partial charge in [-0.1, -0.05) is 72.8 Å². The van der Waals surface area contributed by atoms with E-state index in [9.17, 15) is 9.59 Å². The van der Waals surface area contributed by atoms with Crippen LogP contribution in [0.3, 0.4) is 0 Å². The minimum absolute atomic E-state index is 0.292. The second-order valence-corrected chi connectivity index (χ2v) is 8.17. The lowest BCUT2D eigenvalue weighted by Crippen LogP contribution is -2.30. The Morgan fingerprint density at radius 1 is 0.944 bits per heavy atom. The fourth-order valence-corrected chi connectivity index (χ4v) is 4.03. The molecular formula is C27H23N7O2. The molecule has 3 aromatic carbocycles. The summed E-state index contributed by atoms with van der Waals surface area (Å²) >= 11 is 0. The first-order valence-electron chi connectivity index (χ1n) is 11.5. The van der Waals surface area contributed by atoms with Crippen LogP contribution in [0.2, 0.25) is 0 Å². The molecule has 0 fully saturated rings. The van der Waals surface area contributed by atoms with Gasteiger partial charge in [0.05, 0.1) is 6.54 Å². The number of nitrogens with zero attached hydrogens (tertiary/aromatic N) is 6. The van der Waals surface area contributed by atoms with Crippen molar-refractivity contribution < 1.29 is 4.79 Å². The molecule has 0 aliphatic rings. The average molecular weight is 478 g/mol. The Bertz CT molecular complexity index is 1550. The Morgan fingerprint density at radius 2 is 1.67 bits per heavy atom. The van der Waals surface area contributed by atoms with E-state index in [0.717, 1.165) is 26.9 Å². The Kier molecular flexibility index (Phi) is 6.44. The lowest BCUT2D eigenvalue weighted by molar-refractivity contribution is 0.0939. The minimum atomic E-state index is -0.463. The number of H-pyrrole nitrogens is 1.